The van der Waals surface area contributed by atoms with E-state index in [1.165, 1.54) is 26.4 Å². The maximum atomic E-state index is 12.4. The summed E-state index contributed by atoms with van der Waals surface area (Å²) in [6, 6.07) is 7.81. The van der Waals surface area contributed by atoms with Crippen molar-refractivity contribution in [3.05, 3.63) is 30.3 Å². The summed E-state index contributed by atoms with van der Waals surface area (Å²) in [5.74, 6) is 0.128. The van der Waals surface area contributed by atoms with Gasteiger partial charge in [0.05, 0.1) is 20.8 Å². The van der Waals surface area contributed by atoms with Gasteiger partial charge in [0, 0.05) is 13.7 Å². The van der Waals surface area contributed by atoms with Gasteiger partial charge in [-0.3, -0.25) is 0 Å². The van der Waals surface area contributed by atoms with Crippen LogP contribution in [0.3, 0.4) is 0 Å². The first-order valence-electron chi connectivity index (χ1n) is 8.24. The normalized spacial score (nSPS) is 11.4. The molecule has 0 aromatic heterocycles. The molecule has 2 aromatic rings. The number of methoxy groups -OCH3 is 3. The van der Waals surface area contributed by atoms with Gasteiger partial charge in [0.25, 0.3) is 0 Å². The summed E-state index contributed by atoms with van der Waals surface area (Å²) in [5.41, 5.74) is 0. The molecule has 0 spiro atoms. The standard InChI is InChI=1S/C18H23NO7S/c1-23-8-4-7-19-12-18(20)26-27(21,22)15-6-5-13-10-16(24-2)17(25-3)11-14(13)9-15/h5-6,9-11,19H,4,7-8,12H2,1-3H3. The summed E-state index contributed by atoms with van der Waals surface area (Å²) >= 11 is 0. The summed E-state index contributed by atoms with van der Waals surface area (Å²) in [4.78, 5) is 11.7. The largest absolute Gasteiger partial charge is 0.493 e. The smallest absolute Gasteiger partial charge is 0.341 e. The highest BCUT2D eigenvalue weighted by Gasteiger charge is 2.21. The van der Waals surface area contributed by atoms with Crippen molar-refractivity contribution < 1.29 is 31.6 Å². The lowest BCUT2D eigenvalue weighted by Crippen LogP contribution is -2.28. The van der Waals surface area contributed by atoms with Crippen LogP contribution in [-0.2, 0) is 23.8 Å². The van der Waals surface area contributed by atoms with E-state index in [0.717, 1.165) is 5.39 Å². The summed E-state index contributed by atoms with van der Waals surface area (Å²) in [7, 11) is 0.370. The zero-order chi connectivity index (χ0) is 19.9. The molecule has 0 aliphatic heterocycles. The minimum absolute atomic E-state index is 0.116. The van der Waals surface area contributed by atoms with Gasteiger partial charge in [-0.15, -0.1) is 0 Å². The molecular formula is C18H23NO7S. The van der Waals surface area contributed by atoms with Crippen LogP contribution in [0.25, 0.3) is 10.8 Å². The Morgan fingerprint density at radius 2 is 1.67 bits per heavy atom. The molecule has 0 amide bonds. The first-order valence-corrected chi connectivity index (χ1v) is 9.65. The van der Waals surface area contributed by atoms with Gasteiger partial charge in [-0.2, -0.15) is 8.42 Å². The van der Waals surface area contributed by atoms with Crippen LogP contribution >= 0.6 is 0 Å². The zero-order valence-electron chi connectivity index (χ0n) is 15.5. The molecule has 0 radical (unpaired) electrons. The van der Waals surface area contributed by atoms with E-state index in [4.69, 9.17) is 14.2 Å². The van der Waals surface area contributed by atoms with Gasteiger partial charge in [0.15, 0.2) is 11.5 Å². The first kappa shape index (κ1) is 20.9. The van der Waals surface area contributed by atoms with E-state index in [-0.39, 0.29) is 11.4 Å². The topological polar surface area (TPSA) is 100 Å². The van der Waals surface area contributed by atoms with Gasteiger partial charge in [0.2, 0.25) is 0 Å². The molecule has 0 aliphatic carbocycles. The molecule has 148 valence electrons. The quantitative estimate of drug-likeness (QED) is 0.478. The number of ether oxygens (including phenoxy) is 3. The van der Waals surface area contributed by atoms with Gasteiger partial charge in [-0.1, -0.05) is 6.07 Å². The Kier molecular flexibility index (Phi) is 7.40. The lowest BCUT2D eigenvalue weighted by molar-refractivity contribution is -0.132. The molecule has 8 nitrogen and oxygen atoms in total. The third-order valence-corrected chi connectivity index (χ3v) is 5.01. The average Bonchev–Trinajstić information content (AvgIpc) is 2.65. The molecule has 9 heteroatoms. The second kappa shape index (κ2) is 9.54. The molecule has 0 fully saturated rings. The molecule has 0 heterocycles. The van der Waals surface area contributed by atoms with E-state index in [9.17, 15) is 13.2 Å². The molecular weight excluding hydrogens is 374 g/mol. The Labute approximate surface area is 158 Å². The highest BCUT2D eigenvalue weighted by Crippen LogP contribution is 2.33. The summed E-state index contributed by atoms with van der Waals surface area (Å²) in [6.45, 7) is 0.855. The van der Waals surface area contributed by atoms with E-state index < -0.39 is 16.1 Å². The van der Waals surface area contributed by atoms with Crippen LogP contribution in [0.2, 0.25) is 0 Å². The lowest BCUT2D eigenvalue weighted by atomic mass is 10.1. The third kappa shape index (κ3) is 5.56. The molecule has 0 unspecified atom stereocenters. The van der Waals surface area contributed by atoms with Crippen molar-refractivity contribution in [2.75, 3.05) is 41.0 Å². The number of carbonyl (C=O) groups excluding carboxylic acids is 1. The predicted molar refractivity (Wildman–Crippen MR) is 99.7 cm³/mol. The Balaban J connectivity index is 2.13. The van der Waals surface area contributed by atoms with Gasteiger partial charge >= 0.3 is 16.1 Å². The van der Waals surface area contributed by atoms with Gasteiger partial charge in [-0.05, 0) is 48.0 Å². The van der Waals surface area contributed by atoms with Crippen molar-refractivity contribution in [1.29, 1.82) is 0 Å². The predicted octanol–water partition coefficient (Wildman–Crippen LogP) is 1.72. The van der Waals surface area contributed by atoms with Gasteiger partial charge in [0.1, 0.15) is 4.90 Å². The average molecular weight is 397 g/mol. The molecule has 1 N–H and O–H groups in total. The summed E-state index contributed by atoms with van der Waals surface area (Å²) in [5, 5.41) is 4.18. The maximum absolute atomic E-state index is 12.4. The van der Waals surface area contributed by atoms with Crippen molar-refractivity contribution in [2.24, 2.45) is 0 Å². The molecule has 0 saturated heterocycles. The van der Waals surface area contributed by atoms with Crippen LogP contribution in [0.4, 0.5) is 0 Å². The number of hydrogen-bond acceptors (Lipinski definition) is 8. The summed E-state index contributed by atoms with van der Waals surface area (Å²) in [6.07, 6.45) is 0.701. The number of nitrogens with one attached hydrogen (secondary N) is 1. The van der Waals surface area contributed by atoms with Gasteiger partial charge < -0.3 is 23.7 Å². The Morgan fingerprint density at radius 1 is 1.00 bits per heavy atom. The van der Waals surface area contributed by atoms with Crippen molar-refractivity contribution >= 4 is 26.9 Å². The fourth-order valence-electron chi connectivity index (χ4n) is 2.44. The number of fused-ring (bicyclic) bond motifs is 1. The van der Waals surface area contributed by atoms with Crippen LogP contribution in [0, 0.1) is 0 Å². The molecule has 2 rings (SSSR count). The molecule has 0 atom stereocenters. The molecule has 0 saturated carbocycles. The number of carbonyl (C=O) groups is 1. The molecule has 27 heavy (non-hydrogen) atoms. The molecule has 0 bridgehead atoms. The van der Waals surface area contributed by atoms with E-state index in [2.05, 4.69) is 9.50 Å². The Hall–Kier alpha value is -2.36. The maximum Gasteiger partial charge on any atom is 0.341 e. The van der Waals surface area contributed by atoms with Crippen molar-refractivity contribution in [3.63, 3.8) is 0 Å². The van der Waals surface area contributed by atoms with E-state index in [1.54, 1.807) is 25.3 Å². The van der Waals surface area contributed by atoms with Gasteiger partial charge in [-0.25, -0.2) is 4.79 Å². The zero-order valence-corrected chi connectivity index (χ0v) is 16.3. The minimum Gasteiger partial charge on any atom is -0.493 e. The van der Waals surface area contributed by atoms with Crippen LogP contribution in [-0.4, -0.2) is 55.4 Å². The van der Waals surface area contributed by atoms with E-state index >= 15 is 0 Å². The highest BCUT2D eigenvalue weighted by molar-refractivity contribution is 7.87. The van der Waals surface area contributed by atoms with Crippen molar-refractivity contribution in [2.45, 2.75) is 11.3 Å². The molecule has 0 aliphatic rings. The highest BCUT2D eigenvalue weighted by atomic mass is 32.2. The molecule has 2 aromatic carbocycles. The van der Waals surface area contributed by atoms with Crippen LogP contribution in [0.15, 0.2) is 35.2 Å². The lowest BCUT2D eigenvalue weighted by Gasteiger charge is -2.11. The van der Waals surface area contributed by atoms with Crippen molar-refractivity contribution in [1.82, 2.24) is 5.32 Å². The monoisotopic (exact) mass is 397 g/mol. The second-order valence-electron chi connectivity index (χ2n) is 5.65. The second-order valence-corrected chi connectivity index (χ2v) is 7.20. The van der Waals surface area contributed by atoms with Crippen LogP contribution in [0.1, 0.15) is 6.42 Å². The van der Waals surface area contributed by atoms with Crippen molar-refractivity contribution in [3.8, 4) is 11.5 Å². The van der Waals surface area contributed by atoms with E-state index in [1.807, 2.05) is 0 Å². The van der Waals surface area contributed by atoms with Crippen LogP contribution in [0.5, 0.6) is 11.5 Å². The first-order chi connectivity index (χ1) is 12.9. The summed E-state index contributed by atoms with van der Waals surface area (Å²) < 4.78 is 44.7. The number of hydrogen-bond donors (Lipinski definition) is 1. The Morgan fingerprint density at radius 3 is 2.30 bits per heavy atom. The van der Waals surface area contributed by atoms with E-state index in [0.29, 0.717) is 36.5 Å². The van der Waals surface area contributed by atoms with Crippen LogP contribution < -0.4 is 14.8 Å². The third-order valence-electron chi connectivity index (χ3n) is 3.78. The SMILES string of the molecule is COCCCNCC(=O)OS(=O)(=O)c1ccc2cc(OC)c(OC)cc2c1. The fraction of sp³-hybridized carbons (Fsp3) is 0.389. The number of rotatable bonds is 10. The fourth-order valence-corrected chi connectivity index (χ4v) is 3.35. The minimum atomic E-state index is -4.22. The number of benzene rings is 2. The Bertz CT molecular complexity index is 896.